The van der Waals surface area contributed by atoms with Crippen molar-refractivity contribution in [2.45, 2.75) is 31.9 Å². The molecule has 3 fully saturated rings. The molecule has 136 valence electrons. The van der Waals surface area contributed by atoms with Crippen LogP contribution in [0.3, 0.4) is 0 Å². The van der Waals surface area contributed by atoms with Gasteiger partial charge >= 0.3 is 0 Å². The van der Waals surface area contributed by atoms with E-state index in [9.17, 15) is 4.79 Å². The van der Waals surface area contributed by atoms with E-state index in [2.05, 4.69) is 22.3 Å². The molecule has 4 rings (SSSR count). The molecule has 0 radical (unpaired) electrons. The van der Waals surface area contributed by atoms with Crippen molar-refractivity contribution in [1.82, 2.24) is 10.2 Å². The summed E-state index contributed by atoms with van der Waals surface area (Å²) >= 11 is 0. The minimum atomic E-state index is 0.204. The Labute approximate surface area is 149 Å². The number of benzene rings is 1. The molecule has 1 aliphatic carbocycles. The van der Waals surface area contributed by atoms with Crippen molar-refractivity contribution in [3.05, 3.63) is 29.8 Å². The number of hydrogen-bond donors (Lipinski definition) is 1. The molecule has 5 heteroatoms. The predicted octanol–water partition coefficient (Wildman–Crippen LogP) is 2.06. The standard InChI is InChI=1S/C20H28N2O3/c1-24-17-6-2-14(3-7-17)11-22-9-8-18-16(12-22)13-25-19(18)10-21-20(23)15-4-5-15/h2-3,6-7,15-16,18-19H,4-5,8-13H2,1H3,(H,21,23)/t16-,18-,19+/m1/s1. The molecule has 1 N–H and O–H groups in total. The topological polar surface area (TPSA) is 50.8 Å². The summed E-state index contributed by atoms with van der Waals surface area (Å²) in [6, 6.07) is 8.34. The fourth-order valence-corrected chi connectivity index (χ4v) is 4.20. The number of carbonyl (C=O) groups excluding carboxylic acids is 1. The van der Waals surface area contributed by atoms with Crippen LogP contribution < -0.4 is 10.1 Å². The second-order valence-electron chi connectivity index (χ2n) is 7.69. The van der Waals surface area contributed by atoms with Crippen LogP contribution in [-0.2, 0) is 16.1 Å². The summed E-state index contributed by atoms with van der Waals surface area (Å²) in [5.41, 5.74) is 1.33. The number of carbonyl (C=O) groups is 1. The molecule has 0 bridgehead atoms. The number of amides is 1. The lowest BCUT2D eigenvalue weighted by atomic mass is 9.84. The highest BCUT2D eigenvalue weighted by molar-refractivity contribution is 5.80. The Bertz CT molecular complexity index is 599. The predicted molar refractivity (Wildman–Crippen MR) is 95.3 cm³/mol. The van der Waals surface area contributed by atoms with E-state index in [0.717, 1.165) is 51.3 Å². The number of likely N-dealkylation sites (tertiary alicyclic amines) is 1. The fourth-order valence-electron chi connectivity index (χ4n) is 4.20. The molecule has 2 saturated heterocycles. The van der Waals surface area contributed by atoms with Crippen LogP contribution in [0.4, 0.5) is 0 Å². The first-order valence-electron chi connectivity index (χ1n) is 9.47. The van der Waals surface area contributed by atoms with Crippen molar-refractivity contribution in [3.63, 3.8) is 0 Å². The average molecular weight is 344 g/mol. The van der Waals surface area contributed by atoms with Crippen LogP contribution in [-0.4, -0.2) is 50.3 Å². The van der Waals surface area contributed by atoms with Crippen LogP contribution in [0.2, 0.25) is 0 Å². The summed E-state index contributed by atoms with van der Waals surface area (Å²) in [5.74, 6) is 2.59. The lowest BCUT2D eigenvalue weighted by molar-refractivity contribution is -0.122. The summed E-state index contributed by atoms with van der Waals surface area (Å²) in [5, 5.41) is 3.09. The van der Waals surface area contributed by atoms with Crippen LogP contribution in [0.15, 0.2) is 24.3 Å². The molecule has 25 heavy (non-hydrogen) atoms. The van der Waals surface area contributed by atoms with Gasteiger partial charge in [0.2, 0.25) is 5.91 Å². The SMILES string of the molecule is COc1ccc(CN2CC[C@@H]3[C@@H](CO[C@H]3CNC(=O)C3CC3)C2)cc1. The van der Waals surface area contributed by atoms with E-state index in [1.807, 2.05) is 12.1 Å². The normalized spacial score (nSPS) is 29.2. The van der Waals surface area contributed by atoms with Crippen molar-refractivity contribution < 1.29 is 14.3 Å². The van der Waals surface area contributed by atoms with E-state index >= 15 is 0 Å². The number of rotatable bonds is 6. The Hall–Kier alpha value is -1.59. The minimum Gasteiger partial charge on any atom is -0.497 e. The number of fused-ring (bicyclic) bond motifs is 1. The van der Waals surface area contributed by atoms with Gasteiger partial charge in [0, 0.05) is 31.5 Å². The molecule has 2 heterocycles. The summed E-state index contributed by atoms with van der Waals surface area (Å²) in [6.45, 7) is 4.69. The molecular formula is C20H28N2O3. The zero-order chi connectivity index (χ0) is 17.2. The third-order valence-electron chi connectivity index (χ3n) is 5.87. The molecule has 2 aliphatic heterocycles. The summed E-state index contributed by atoms with van der Waals surface area (Å²) in [7, 11) is 1.70. The van der Waals surface area contributed by atoms with Gasteiger partial charge in [-0.1, -0.05) is 12.1 Å². The van der Waals surface area contributed by atoms with E-state index in [1.165, 1.54) is 5.56 Å². The van der Waals surface area contributed by atoms with Gasteiger partial charge in [0.25, 0.3) is 0 Å². The number of hydrogen-bond acceptors (Lipinski definition) is 4. The van der Waals surface area contributed by atoms with E-state index in [1.54, 1.807) is 7.11 Å². The first kappa shape index (κ1) is 16.9. The number of piperidine rings is 1. The lowest BCUT2D eigenvalue weighted by Crippen LogP contribution is -2.43. The Morgan fingerprint density at radius 3 is 2.80 bits per heavy atom. The largest absolute Gasteiger partial charge is 0.497 e. The van der Waals surface area contributed by atoms with Gasteiger partial charge in [-0.15, -0.1) is 0 Å². The highest BCUT2D eigenvalue weighted by Gasteiger charge is 2.41. The van der Waals surface area contributed by atoms with Crippen LogP contribution in [0.5, 0.6) is 5.75 Å². The Morgan fingerprint density at radius 1 is 1.28 bits per heavy atom. The van der Waals surface area contributed by atoms with Gasteiger partial charge in [0.05, 0.1) is 19.8 Å². The van der Waals surface area contributed by atoms with E-state index in [-0.39, 0.29) is 17.9 Å². The molecule has 1 aromatic carbocycles. The number of nitrogens with one attached hydrogen (secondary N) is 1. The molecule has 5 nitrogen and oxygen atoms in total. The maximum absolute atomic E-state index is 11.8. The highest BCUT2D eigenvalue weighted by Crippen LogP contribution is 2.35. The van der Waals surface area contributed by atoms with Crippen molar-refractivity contribution in [3.8, 4) is 5.75 Å². The Morgan fingerprint density at radius 2 is 2.08 bits per heavy atom. The van der Waals surface area contributed by atoms with Gasteiger partial charge in [0.1, 0.15) is 5.75 Å². The van der Waals surface area contributed by atoms with Crippen molar-refractivity contribution in [1.29, 1.82) is 0 Å². The third-order valence-corrected chi connectivity index (χ3v) is 5.87. The fraction of sp³-hybridized carbons (Fsp3) is 0.650. The molecule has 3 atom stereocenters. The van der Waals surface area contributed by atoms with Gasteiger partial charge in [-0.3, -0.25) is 9.69 Å². The van der Waals surface area contributed by atoms with E-state index in [4.69, 9.17) is 9.47 Å². The third kappa shape index (κ3) is 3.98. The molecule has 0 unspecified atom stereocenters. The van der Waals surface area contributed by atoms with Crippen LogP contribution in [0.25, 0.3) is 0 Å². The second kappa shape index (κ2) is 7.34. The highest BCUT2D eigenvalue weighted by atomic mass is 16.5. The molecule has 0 aromatic heterocycles. The lowest BCUT2D eigenvalue weighted by Gasteiger charge is -2.35. The van der Waals surface area contributed by atoms with Gasteiger partial charge in [-0.05, 0) is 49.4 Å². The Kier molecular flexibility index (Phi) is 4.95. The summed E-state index contributed by atoms with van der Waals surface area (Å²) in [4.78, 5) is 14.4. The number of methoxy groups -OCH3 is 1. The van der Waals surface area contributed by atoms with Crippen LogP contribution >= 0.6 is 0 Å². The van der Waals surface area contributed by atoms with Gasteiger partial charge in [-0.2, -0.15) is 0 Å². The molecule has 1 amide bonds. The smallest absolute Gasteiger partial charge is 0.223 e. The number of ether oxygens (including phenoxy) is 2. The minimum absolute atomic E-state index is 0.204. The summed E-state index contributed by atoms with van der Waals surface area (Å²) < 4.78 is 11.2. The molecule has 1 saturated carbocycles. The monoisotopic (exact) mass is 344 g/mol. The van der Waals surface area contributed by atoms with Crippen LogP contribution in [0.1, 0.15) is 24.8 Å². The van der Waals surface area contributed by atoms with Gasteiger partial charge < -0.3 is 14.8 Å². The van der Waals surface area contributed by atoms with E-state index in [0.29, 0.717) is 18.4 Å². The second-order valence-corrected chi connectivity index (χ2v) is 7.69. The maximum Gasteiger partial charge on any atom is 0.223 e. The molecule has 3 aliphatic rings. The quantitative estimate of drug-likeness (QED) is 0.858. The van der Waals surface area contributed by atoms with Crippen molar-refractivity contribution in [2.24, 2.45) is 17.8 Å². The first-order valence-corrected chi connectivity index (χ1v) is 9.47. The van der Waals surface area contributed by atoms with Gasteiger partial charge in [0.15, 0.2) is 0 Å². The summed E-state index contributed by atoms with van der Waals surface area (Å²) in [6.07, 6.45) is 3.48. The van der Waals surface area contributed by atoms with Crippen LogP contribution in [0, 0.1) is 17.8 Å². The Balaban J connectivity index is 1.26. The number of nitrogens with zero attached hydrogens (tertiary/aromatic N) is 1. The molecular weight excluding hydrogens is 316 g/mol. The first-order chi connectivity index (χ1) is 12.2. The average Bonchev–Trinajstić information content (AvgIpc) is 3.42. The molecule has 1 aromatic rings. The zero-order valence-corrected chi connectivity index (χ0v) is 14.9. The molecule has 0 spiro atoms. The van der Waals surface area contributed by atoms with Crippen molar-refractivity contribution in [2.75, 3.05) is 33.4 Å². The van der Waals surface area contributed by atoms with Crippen molar-refractivity contribution >= 4 is 5.91 Å². The zero-order valence-electron chi connectivity index (χ0n) is 14.9. The maximum atomic E-state index is 11.8. The van der Waals surface area contributed by atoms with Gasteiger partial charge in [-0.25, -0.2) is 0 Å². The van der Waals surface area contributed by atoms with E-state index < -0.39 is 0 Å².